The molecule has 0 atom stereocenters. The van der Waals surface area contributed by atoms with Crippen molar-refractivity contribution in [2.24, 2.45) is 0 Å². The molecule has 11 aromatic rings. The van der Waals surface area contributed by atoms with E-state index in [1.807, 2.05) is 6.20 Å². The lowest BCUT2D eigenvalue weighted by Gasteiger charge is -2.28. The predicted octanol–water partition coefficient (Wildman–Crippen LogP) is 18.1. The smallest absolute Gasteiger partial charge is 0.149 e. The van der Waals surface area contributed by atoms with Crippen molar-refractivity contribution in [1.29, 1.82) is 0 Å². The highest BCUT2D eigenvalue weighted by Crippen LogP contribution is 2.47. The molecule has 3 aromatic heterocycles. The maximum atomic E-state index is 12.7. The summed E-state index contributed by atoms with van der Waals surface area (Å²) in [4.78, 5) is 11.0. The molecule has 0 aliphatic heterocycles. The fraction of sp³-hybridized carbons (Fsp3) is 0.224. The second kappa shape index (κ2) is 16.9. The van der Waals surface area contributed by atoms with Crippen molar-refractivity contribution in [2.45, 2.75) is 97.8 Å². The third-order valence-corrected chi connectivity index (χ3v) is 14.9. The number of aromatic nitrogens is 3. The van der Waals surface area contributed by atoms with Crippen LogP contribution in [0, 0.1) is 0 Å². The van der Waals surface area contributed by atoms with E-state index in [9.17, 15) is 5.11 Å². The normalized spacial score (nSPS) is 12.7. The van der Waals surface area contributed by atoms with Gasteiger partial charge in [0.05, 0.1) is 28.0 Å². The second-order valence-corrected chi connectivity index (χ2v) is 23.3. The topological polar surface area (TPSA) is 64.1 Å². The summed E-state index contributed by atoms with van der Waals surface area (Å²) >= 11 is 0. The van der Waals surface area contributed by atoms with Gasteiger partial charge in [-0.25, -0.2) is 4.98 Å². The third-order valence-electron chi connectivity index (χ3n) is 14.9. The molecule has 0 spiro atoms. The highest BCUT2D eigenvalue weighted by atomic mass is 16.3. The molecule has 5 heteroatoms. The average Bonchev–Trinajstić information content (AvgIpc) is 3.94. The summed E-state index contributed by atoms with van der Waals surface area (Å²) in [5.41, 5.74) is 15.7. The molecule has 72 heavy (non-hydrogen) atoms. The quantitative estimate of drug-likeness (QED) is 0.173. The number of rotatable bonds is 7. The molecule has 8 aromatic carbocycles. The maximum absolute atomic E-state index is 12.7. The molecule has 3 heterocycles. The Kier molecular flexibility index (Phi) is 11.0. The number of fused-ring (bicyclic) bond motifs is 6. The number of hydrogen-bond donors (Lipinski definition) is 1. The first kappa shape index (κ1) is 46.6. The lowest BCUT2D eigenvalue weighted by atomic mass is 9.76. The van der Waals surface area contributed by atoms with E-state index >= 15 is 0 Å². The summed E-state index contributed by atoms with van der Waals surface area (Å²) in [7, 11) is 0. The number of phenolic OH excluding ortho intramolecular Hbond substituents is 1. The first-order valence-electron chi connectivity index (χ1n) is 25.3. The van der Waals surface area contributed by atoms with Gasteiger partial charge >= 0.3 is 0 Å². The van der Waals surface area contributed by atoms with Gasteiger partial charge in [-0.1, -0.05) is 197 Å². The SMILES string of the molecule is CC(C)(C)c1ccc(-n2c(-c3cc(C(C)(C)C)cc(C(C)(C)C)c3O)nc3c(-c4cc(-c5cc6oc7ccc8ccccc8c7c6cn5)cc(C(C)(C)c5ccccc5)c4)cccc32)c(-c2ccccc2)c1. The van der Waals surface area contributed by atoms with Crippen LogP contribution in [-0.4, -0.2) is 19.6 Å². The van der Waals surface area contributed by atoms with Gasteiger partial charge in [0.1, 0.15) is 22.7 Å². The van der Waals surface area contributed by atoms with Crippen LogP contribution in [0.4, 0.5) is 0 Å². The molecule has 0 bridgehead atoms. The molecule has 0 amide bonds. The monoisotopic (exact) mass is 941 g/mol. The number of pyridine rings is 1. The Bertz CT molecular complexity index is 3890. The van der Waals surface area contributed by atoms with E-state index in [0.29, 0.717) is 11.4 Å². The molecule has 0 unspecified atom stereocenters. The van der Waals surface area contributed by atoms with Crippen molar-refractivity contribution in [3.8, 4) is 56.3 Å². The molecule has 0 saturated heterocycles. The van der Waals surface area contributed by atoms with Crippen molar-refractivity contribution in [3.63, 3.8) is 0 Å². The minimum absolute atomic E-state index is 0.0928. The van der Waals surface area contributed by atoms with Gasteiger partial charge in [-0.2, -0.15) is 0 Å². The number of phenols is 1. The summed E-state index contributed by atoms with van der Waals surface area (Å²) in [6, 6.07) is 60.7. The van der Waals surface area contributed by atoms with Crippen LogP contribution in [0.25, 0.3) is 94.3 Å². The Balaban J connectivity index is 1.21. The number of hydrogen-bond acceptors (Lipinski definition) is 4. The minimum atomic E-state index is -0.380. The van der Waals surface area contributed by atoms with Gasteiger partial charge in [-0.15, -0.1) is 0 Å². The molecule has 0 radical (unpaired) electrons. The van der Waals surface area contributed by atoms with E-state index in [1.165, 1.54) is 16.5 Å². The molecule has 11 rings (SSSR count). The molecular weight excluding hydrogens is 879 g/mol. The van der Waals surface area contributed by atoms with Gasteiger partial charge in [-0.05, 0) is 103 Å². The zero-order valence-corrected chi connectivity index (χ0v) is 43.4. The van der Waals surface area contributed by atoms with Gasteiger partial charge in [0.25, 0.3) is 0 Å². The fourth-order valence-corrected chi connectivity index (χ4v) is 10.5. The summed E-state index contributed by atoms with van der Waals surface area (Å²) in [6.07, 6.45) is 1.98. The van der Waals surface area contributed by atoms with Crippen molar-refractivity contribution in [1.82, 2.24) is 14.5 Å². The average molecular weight is 942 g/mol. The summed E-state index contributed by atoms with van der Waals surface area (Å²) in [5.74, 6) is 0.924. The summed E-state index contributed by atoms with van der Waals surface area (Å²) in [5, 5.41) is 17.1. The Labute approximate surface area is 423 Å². The lowest BCUT2D eigenvalue weighted by Crippen LogP contribution is -2.19. The van der Waals surface area contributed by atoms with E-state index in [1.54, 1.807) is 0 Å². The third kappa shape index (κ3) is 8.05. The first-order valence-corrected chi connectivity index (χ1v) is 25.3. The van der Waals surface area contributed by atoms with Crippen molar-refractivity contribution in [3.05, 3.63) is 204 Å². The Morgan fingerprint density at radius 1 is 0.472 bits per heavy atom. The molecule has 358 valence electrons. The van der Waals surface area contributed by atoms with Crippen LogP contribution in [0.1, 0.15) is 104 Å². The second-order valence-electron chi connectivity index (χ2n) is 23.3. The van der Waals surface area contributed by atoms with Crippen LogP contribution in [0.3, 0.4) is 0 Å². The molecular formula is C67H63N3O2. The fourth-order valence-electron chi connectivity index (χ4n) is 10.5. The minimum Gasteiger partial charge on any atom is -0.507 e. The van der Waals surface area contributed by atoms with Crippen LogP contribution < -0.4 is 0 Å². The van der Waals surface area contributed by atoms with Gasteiger partial charge in [0.15, 0.2) is 0 Å². The van der Waals surface area contributed by atoms with Gasteiger partial charge in [-0.3, -0.25) is 9.55 Å². The first-order chi connectivity index (χ1) is 34.3. The molecule has 1 N–H and O–H groups in total. The van der Waals surface area contributed by atoms with Crippen molar-refractivity contribution >= 4 is 43.7 Å². The number of imidazole rings is 1. The zero-order valence-electron chi connectivity index (χ0n) is 43.4. The molecule has 5 nitrogen and oxygen atoms in total. The van der Waals surface area contributed by atoms with Crippen LogP contribution >= 0.6 is 0 Å². The van der Waals surface area contributed by atoms with E-state index in [-0.39, 0.29) is 27.4 Å². The number of benzene rings is 8. The van der Waals surface area contributed by atoms with E-state index in [2.05, 4.69) is 251 Å². The standard InChI is InChI=1S/C67H63N3O2/c1-64(2,3)46-30-31-56(51(36-46)41-21-14-12-15-22-41)70-57-28-20-27-50(61(57)69-63(70)52-37-47(65(4,5)6)38-54(62(52)71)66(7,8)9)43-33-44(35-48(34-43)67(10,11)45-24-16-13-17-25-45)55-39-59-53(40-68-55)60-49-26-19-18-23-42(49)29-32-58(60)72-59/h12-40,71H,1-11H3. The van der Waals surface area contributed by atoms with E-state index in [4.69, 9.17) is 14.4 Å². The van der Waals surface area contributed by atoms with E-state index in [0.717, 1.165) is 94.2 Å². The van der Waals surface area contributed by atoms with Gasteiger partial charge < -0.3 is 9.52 Å². The maximum Gasteiger partial charge on any atom is 0.149 e. The van der Waals surface area contributed by atoms with Crippen molar-refractivity contribution in [2.75, 3.05) is 0 Å². The molecule has 0 aliphatic rings. The van der Waals surface area contributed by atoms with Crippen LogP contribution in [-0.2, 0) is 21.7 Å². The van der Waals surface area contributed by atoms with Crippen molar-refractivity contribution < 1.29 is 9.52 Å². The zero-order chi connectivity index (χ0) is 50.5. The lowest BCUT2D eigenvalue weighted by molar-refractivity contribution is 0.446. The Morgan fingerprint density at radius 3 is 1.88 bits per heavy atom. The predicted molar refractivity (Wildman–Crippen MR) is 302 cm³/mol. The van der Waals surface area contributed by atoms with E-state index < -0.39 is 0 Å². The summed E-state index contributed by atoms with van der Waals surface area (Å²) in [6.45, 7) is 24.6. The van der Waals surface area contributed by atoms with Crippen LogP contribution in [0.15, 0.2) is 180 Å². The number of furan rings is 1. The molecule has 0 fully saturated rings. The van der Waals surface area contributed by atoms with Gasteiger partial charge in [0, 0.05) is 50.7 Å². The number of aromatic hydroxyl groups is 1. The van der Waals surface area contributed by atoms with Crippen LogP contribution in [0.2, 0.25) is 0 Å². The Hall–Kier alpha value is -7.76. The summed E-state index contributed by atoms with van der Waals surface area (Å²) < 4.78 is 8.92. The number of para-hydroxylation sites is 1. The highest BCUT2D eigenvalue weighted by molar-refractivity contribution is 6.18. The molecule has 0 saturated carbocycles. The van der Waals surface area contributed by atoms with Gasteiger partial charge in [0.2, 0.25) is 0 Å². The van der Waals surface area contributed by atoms with Crippen LogP contribution in [0.5, 0.6) is 5.75 Å². The Morgan fingerprint density at radius 2 is 1.15 bits per heavy atom. The highest BCUT2D eigenvalue weighted by Gasteiger charge is 2.31. The largest absolute Gasteiger partial charge is 0.507 e. The molecule has 0 aliphatic carbocycles. The number of nitrogens with zero attached hydrogens (tertiary/aromatic N) is 3.